The standard InChI is InChI=1S/C16H24ClNO2/c1-5-16(3)14(10-15(16)20-6-2)18-12-9-11(17)7-8-13(12)19-4/h7-9,14-15,18H,5-6,10H2,1-4H3. The third kappa shape index (κ3) is 2.75. The summed E-state index contributed by atoms with van der Waals surface area (Å²) in [5.41, 5.74) is 1.11. The molecule has 0 bridgehead atoms. The van der Waals surface area contributed by atoms with E-state index in [4.69, 9.17) is 21.1 Å². The van der Waals surface area contributed by atoms with Crippen molar-refractivity contribution in [3.05, 3.63) is 23.2 Å². The minimum atomic E-state index is 0.156. The van der Waals surface area contributed by atoms with Gasteiger partial charge in [-0.05, 0) is 38.0 Å². The van der Waals surface area contributed by atoms with Crippen LogP contribution >= 0.6 is 11.6 Å². The van der Waals surface area contributed by atoms with Crippen LogP contribution in [0, 0.1) is 5.41 Å². The fraction of sp³-hybridized carbons (Fsp3) is 0.625. The Balaban J connectivity index is 2.13. The quantitative estimate of drug-likeness (QED) is 0.846. The summed E-state index contributed by atoms with van der Waals surface area (Å²) in [6.07, 6.45) is 2.44. The summed E-state index contributed by atoms with van der Waals surface area (Å²) >= 11 is 6.08. The molecule has 0 amide bonds. The Kier molecular flexibility index (Phi) is 4.82. The van der Waals surface area contributed by atoms with E-state index in [1.165, 1.54) is 0 Å². The lowest BCUT2D eigenvalue weighted by atomic mass is 9.61. The smallest absolute Gasteiger partial charge is 0.142 e. The molecule has 3 nitrogen and oxygen atoms in total. The van der Waals surface area contributed by atoms with E-state index in [1.807, 2.05) is 18.2 Å². The monoisotopic (exact) mass is 297 g/mol. The summed E-state index contributed by atoms with van der Waals surface area (Å²) in [6, 6.07) is 6.04. The second-order valence-corrected chi connectivity index (χ2v) is 6.02. The van der Waals surface area contributed by atoms with Crippen molar-refractivity contribution in [2.45, 2.75) is 45.8 Å². The molecule has 0 spiro atoms. The molecule has 1 aliphatic carbocycles. The van der Waals surface area contributed by atoms with Crippen LogP contribution in [0.1, 0.15) is 33.6 Å². The molecule has 0 saturated heterocycles. The molecule has 0 aliphatic heterocycles. The topological polar surface area (TPSA) is 30.5 Å². The van der Waals surface area contributed by atoms with E-state index >= 15 is 0 Å². The molecule has 2 rings (SSSR count). The number of rotatable bonds is 6. The highest BCUT2D eigenvalue weighted by Crippen LogP contribution is 2.48. The van der Waals surface area contributed by atoms with E-state index in [-0.39, 0.29) is 5.41 Å². The molecule has 4 heteroatoms. The molecule has 1 aromatic rings. The van der Waals surface area contributed by atoms with E-state index in [0.717, 1.165) is 30.9 Å². The van der Waals surface area contributed by atoms with Gasteiger partial charge in [0.25, 0.3) is 0 Å². The molecule has 0 radical (unpaired) electrons. The minimum Gasteiger partial charge on any atom is -0.495 e. The number of halogens is 1. The Hall–Kier alpha value is -0.930. The summed E-state index contributed by atoms with van der Waals surface area (Å²) in [5, 5.41) is 4.29. The molecule has 3 atom stereocenters. The summed E-state index contributed by atoms with van der Waals surface area (Å²) in [5.74, 6) is 0.827. The normalized spacial score (nSPS) is 28.9. The Bertz CT molecular complexity index is 466. The maximum absolute atomic E-state index is 6.08. The molecular formula is C16H24ClNO2. The van der Waals surface area contributed by atoms with Crippen LogP contribution in [0.25, 0.3) is 0 Å². The van der Waals surface area contributed by atoms with Crippen LogP contribution in [0.5, 0.6) is 5.75 Å². The van der Waals surface area contributed by atoms with Gasteiger partial charge in [-0.15, -0.1) is 0 Å². The van der Waals surface area contributed by atoms with Crippen molar-refractivity contribution in [3.63, 3.8) is 0 Å². The fourth-order valence-electron chi connectivity index (χ4n) is 2.95. The molecule has 1 fully saturated rings. The number of anilines is 1. The van der Waals surface area contributed by atoms with Gasteiger partial charge >= 0.3 is 0 Å². The van der Waals surface area contributed by atoms with Gasteiger partial charge in [0, 0.05) is 23.1 Å². The summed E-state index contributed by atoms with van der Waals surface area (Å²) in [4.78, 5) is 0. The van der Waals surface area contributed by atoms with E-state index in [2.05, 4.69) is 26.1 Å². The Morgan fingerprint density at radius 1 is 1.40 bits per heavy atom. The van der Waals surface area contributed by atoms with Crippen molar-refractivity contribution in [3.8, 4) is 5.75 Å². The number of nitrogens with one attached hydrogen (secondary N) is 1. The lowest BCUT2D eigenvalue weighted by Gasteiger charge is -2.54. The maximum Gasteiger partial charge on any atom is 0.142 e. The second kappa shape index (κ2) is 6.23. The van der Waals surface area contributed by atoms with Crippen LogP contribution in [0.3, 0.4) is 0 Å². The predicted octanol–water partition coefficient (Wildman–Crippen LogP) is 4.35. The van der Waals surface area contributed by atoms with Crippen molar-refractivity contribution in [2.75, 3.05) is 19.0 Å². The van der Waals surface area contributed by atoms with E-state index in [9.17, 15) is 0 Å². The lowest BCUT2D eigenvalue weighted by Crippen LogP contribution is -2.59. The molecule has 1 saturated carbocycles. The van der Waals surface area contributed by atoms with Crippen LogP contribution in [-0.2, 0) is 4.74 Å². The average Bonchev–Trinajstić information content (AvgIpc) is 2.45. The zero-order valence-electron chi connectivity index (χ0n) is 12.7. The van der Waals surface area contributed by atoms with E-state index in [1.54, 1.807) is 7.11 Å². The molecule has 1 N–H and O–H groups in total. The van der Waals surface area contributed by atoms with E-state index in [0.29, 0.717) is 17.2 Å². The van der Waals surface area contributed by atoms with Crippen LogP contribution in [0.4, 0.5) is 5.69 Å². The molecule has 0 heterocycles. The highest BCUT2D eigenvalue weighted by molar-refractivity contribution is 6.30. The summed E-state index contributed by atoms with van der Waals surface area (Å²) in [7, 11) is 1.68. The second-order valence-electron chi connectivity index (χ2n) is 5.58. The van der Waals surface area contributed by atoms with Crippen molar-refractivity contribution in [1.29, 1.82) is 0 Å². The van der Waals surface area contributed by atoms with Gasteiger partial charge in [-0.3, -0.25) is 0 Å². The number of methoxy groups -OCH3 is 1. The van der Waals surface area contributed by atoms with Crippen LogP contribution in [0.15, 0.2) is 18.2 Å². The molecule has 20 heavy (non-hydrogen) atoms. The maximum atomic E-state index is 6.08. The van der Waals surface area contributed by atoms with Gasteiger partial charge in [0.15, 0.2) is 0 Å². The number of hydrogen-bond acceptors (Lipinski definition) is 3. The Labute approximate surface area is 126 Å². The molecule has 1 aliphatic rings. The lowest BCUT2D eigenvalue weighted by molar-refractivity contribution is -0.109. The van der Waals surface area contributed by atoms with Crippen molar-refractivity contribution in [1.82, 2.24) is 0 Å². The Morgan fingerprint density at radius 3 is 2.75 bits per heavy atom. The van der Waals surface area contributed by atoms with Gasteiger partial charge in [0.2, 0.25) is 0 Å². The predicted molar refractivity (Wildman–Crippen MR) is 83.8 cm³/mol. The summed E-state index contributed by atoms with van der Waals surface area (Å²) < 4.78 is 11.2. The van der Waals surface area contributed by atoms with Crippen LogP contribution in [0.2, 0.25) is 5.02 Å². The van der Waals surface area contributed by atoms with Crippen molar-refractivity contribution < 1.29 is 9.47 Å². The van der Waals surface area contributed by atoms with Gasteiger partial charge in [0.05, 0.1) is 18.9 Å². The Morgan fingerprint density at radius 2 is 2.15 bits per heavy atom. The molecule has 0 aromatic heterocycles. The largest absolute Gasteiger partial charge is 0.495 e. The molecule has 112 valence electrons. The number of hydrogen-bond donors (Lipinski definition) is 1. The zero-order chi connectivity index (χ0) is 14.8. The van der Waals surface area contributed by atoms with Gasteiger partial charge < -0.3 is 14.8 Å². The first kappa shape index (κ1) is 15.5. The highest BCUT2D eigenvalue weighted by atomic mass is 35.5. The first-order valence-electron chi connectivity index (χ1n) is 7.26. The van der Waals surface area contributed by atoms with Crippen molar-refractivity contribution >= 4 is 17.3 Å². The average molecular weight is 298 g/mol. The van der Waals surface area contributed by atoms with Gasteiger partial charge in [-0.25, -0.2) is 0 Å². The highest BCUT2D eigenvalue weighted by Gasteiger charge is 2.51. The van der Waals surface area contributed by atoms with Crippen molar-refractivity contribution in [2.24, 2.45) is 5.41 Å². The molecule has 1 aromatic carbocycles. The van der Waals surface area contributed by atoms with Gasteiger partial charge in [0.1, 0.15) is 5.75 Å². The van der Waals surface area contributed by atoms with Crippen LogP contribution in [-0.4, -0.2) is 25.9 Å². The van der Waals surface area contributed by atoms with Gasteiger partial charge in [-0.1, -0.05) is 25.4 Å². The summed E-state index contributed by atoms with van der Waals surface area (Å²) in [6.45, 7) is 7.32. The minimum absolute atomic E-state index is 0.156. The number of benzene rings is 1. The van der Waals surface area contributed by atoms with Crippen LogP contribution < -0.4 is 10.1 Å². The molecular weight excluding hydrogens is 274 g/mol. The first-order chi connectivity index (χ1) is 9.55. The third-order valence-corrected chi connectivity index (χ3v) is 4.84. The third-order valence-electron chi connectivity index (χ3n) is 4.60. The number of ether oxygens (including phenoxy) is 2. The fourth-order valence-corrected chi connectivity index (χ4v) is 3.13. The van der Waals surface area contributed by atoms with Gasteiger partial charge in [-0.2, -0.15) is 0 Å². The molecule has 3 unspecified atom stereocenters. The first-order valence-corrected chi connectivity index (χ1v) is 7.64. The van der Waals surface area contributed by atoms with E-state index < -0.39 is 0 Å². The SMILES string of the molecule is CCOC1CC(Nc2cc(Cl)ccc2OC)C1(C)CC. The zero-order valence-corrected chi connectivity index (χ0v) is 13.5.